The van der Waals surface area contributed by atoms with E-state index < -0.39 is 0 Å². The zero-order valence-corrected chi connectivity index (χ0v) is 53.1. The zero-order chi connectivity index (χ0) is 64.9. The van der Waals surface area contributed by atoms with Gasteiger partial charge in [-0.3, -0.25) is 28.5 Å². The number of para-hydroxylation sites is 2. The topological polar surface area (TPSA) is 248 Å². The summed E-state index contributed by atoms with van der Waals surface area (Å²) in [6, 6.07) is 51.5. The molecule has 0 aliphatic carbocycles. The third-order valence-electron chi connectivity index (χ3n) is 18.0. The number of rotatable bonds is 16. The summed E-state index contributed by atoms with van der Waals surface area (Å²) in [5.74, 6) is 0.269. The minimum Gasteiger partial charge on any atom is -0.445 e. The Morgan fingerprint density at radius 1 is 0.553 bits per heavy atom. The van der Waals surface area contributed by atoms with E-state index >= 15 is 0 Å². The number of carbonyl (C=O) groups excluding carboxylic acids is 3. The van der Waals surface area contributed by atoms with Gasteiger partial charge in [-0.1, -0.05) is 115 Å². The molecule has 0 saturated carbocycles. The van der Waals surface area contributed by atoms with Crippen molar-refractivity contribution in [3.8, 4) is 22.5 Å². The number of anilines is 2. The highest BCUT2D eigenvalue weighted by Crippen LogP contribution is 2.33. The van der Waals surface area contributed by atoms with Gasteiger partial charge in [-0.05, 0) is 162 Å². The van der Waals surface area contributed by atoms with Crippen molar-refractivity contribution < 1.29 is 29.0 Å². The van der Waals surface area contributed by atoms with Crippen LogP contribution in [0.3, 0.4) is 0 Å². The van der Waals surface area contributed by atoms with Crippen molar-refractivity contribution in [2.45, 2.75) is 84.9 Å². The van der Waals surface area contributed by atoms with Gasteiger partial charge in [0.2, 0.25) is 0 Å². The Balaban J connectivity index is 0.000000169. The number of aliphatic hydroxyl groups excluding tert-OH is 1. The number of likely N-dealkylation sites (tertiary alicyclic amines) is 2. The van der Waals surface area contributed by atoms with Crippen LogP contribution in [0, 0.1) is 25.7 Å². The number of H-pyrrole nitrogens is 2. The maximum atomic E-state index is 13.6. The Morgan fingerprint density at radius 3 is 1.46 bits per heavy atom. The molecule has 3 fully saturated rings. The molecule has 0 radical (unpaired) electrons. The van der Waals surface area contributed by atoms with Gasteiger partial charge in [0.25, 0.3) is 22.9 Å². The summed E-state index contributed by atoms with van der Waals surface area (Å²) < 4.78 is 14.4. The van der Waals surface area contributed by atoms with Crippen molar-refractivity contribution in [3.63, 3.8) is 0 Å². The second kappa shape index (κ2) is 30.1. The van der Waals surface area contributed by atoms with E-state index in [9.17, 15) is 24.0 Å². The van der Waals surface area contributed by atoms with Crippen LogP contribution in [0.1, 0.15) is 89.0 Å². The molecule has 14 rings (SSSR count). The zero-order valence-electron chi connectivity index (χ0n) is 53.1. The van der Waals surface area contributed by atoms with Gasteiger partial charge < -0.3 is 35.0 Å². The fourth-order valence-electron chi connectivity index (χ4n) is 12.9. The van der Waals surface area contributed by atoms with E-state index in [0.29, 0.717) is 76.4 Å². The van der Waals surface area contributed by atoms with Crippen molar-refractivity contribution in [3.05, 3.63) is 213 Å². The minimum atomic E-state index is -0.296. The minimum absolute atomic E-state index is 0.220. The molecule has 11 aromatic rings. The highest BCUT2D eigenvalue weighted by Gasteiger charge is 2.28. The molecular weight excluding hydrogens is 1180 g/mol. The standard InChI is InChI=1S/C37H34N6O4.C33H36N6O3.C4H8O/c1-24-21-27(15-16-28(24)33-29-11-5-6-12-30(29)35(44)40-39-33)38-36(45)34-31-13-7-8-14-32(31)43(41-34)22-25-17-19-42(20-18-25)37(46)47-23-26-9-3-2-4-10-26;1-22-20-24(12-13-25(22)30-26-8-2-3-9-27(26)32(41)36-35-30)34-33(42)31-28-10-4-5-11-29(28)39(37-31)21-23-14-17-38(18-15-23)16-6-7-19-40;1-2-4-5-3-1/h2-16,21,25H,17-20,22-23H2,1H3,(H,38,45)(H,40,44);2-5,8-13,20,23,40H,6-7,14-19,21H2,1H3,(H,34,42)(H,36,41);1-4H2. The molecule has 20 heteroatoms. The molecule has 0 unspecified atom stereocenters. The fraction of sp³-hybridized carbons (Fsp3) is 0.311. The summed E-state index contributed by atoms with van der Waals surface area (Å²) in [7, 11) is 0. The lowest BCUT2D eigenvalue weighted by Crippen LogP contribution is -2.39. The van der Waals surface area contributed by atoms with Crippen LogP contribution < -0.4 is 21.8 Å². The first-order valence-corrected chi connectivity index (χ1v) is 32.5. The van der Waals surface area contributed by atoms with Crippen molar-refractivity contribution in [1.29, 1.82) is 0 Å². The van der Waals surface area contributed by atoms with Gasteiger partial charge in [0.15, 0.2) is 11.4 Å². The van der Waals surface area contributed by atoms with E-state index in [1.807, 2.05) is 175 Å². The third-order valence-corrected chi connectivity index (χ3v) is 18.0. The van der Waals surface area contributed by atoms with Crippen molar-refractivity contribution in [2.24, 2.45) is 11.8 Å². The maximum Gasteiger partial charge on any atom is 0.410 e. The Bertz CT molecular complexity index is 4590. The molecule has 94 heavy (non-hydrogen) atoms. The number of fused-ring (bicyclic) bond motifs is 4. The number of ether oxygens (including phenoxy) is 2. The fourth-order valence-corrected chi connectivity index (χ4v) is 12.9. The van der Waals surface area contributed by atoms with Crippen LogP contribution >= 0.6 is 0 Å². The average molecular weight is 1260 g/mol. The van der Waals surface area contributed by atoms with Crippen LogP contribution in [0.2, 0.25) is 0 Å². The number of amides is 3. The molecule has 0 atom stereocenters. The molecular formula is C74H78N12O8. The number of hydrogen-bond acceptors (Lipinski definition) is 13. The van der Waals surface area contributed by atoms with Crippen molar-refractivity contribution in [2.75, 3.05) is 63.2 Å². The van der Waals surface area contributed by atoms with Crippen LogP contribution in [-0.4, -0.2) is 125 Å². The summed E-state index contributed by atoms with van der Waals surface area (Å²) in [5, 5.41) is 42.9. The Hall–Kier alpha value is -10.2. The van der Waals surface area contributed by atoms with Gasteiger partial charge in [0, 0.05) is 90.0 Å². The number of unbranched alkanes of at least 4 members (excludes halogenated alkanes) is 1. The van der Waals surface area contributed by atoms with E-state index in [1.165, 1.54) is 12.8 Å². The van der Waals surface area contributed by atoms with E-state index in [-0.39, 0.29) is 42.2 Å². The first-order chi connectivity index (χ1) is 46.0. The Labute approximate surface area is 543 Å². The van der Waals surface area contributed by atoms with Crippen molar-refractivity contribution in [1.82, 2.24) is 49.8 Å². The number of hydrogen-bond donors (Lipinski definition) is 5. The largest absolute Gasteiger partial charge is 0.445 e. The summed E-state index contributed by atoms with van der Waals surface area (Å²) >= 11 is 0. The molecule has 482 valence electrons. The summed E-state index contributed by atoms with van der Waals surface area (Å²) in [6.07, 6.45) is 7.99. The normalized spacial score (nSPS) is 14.6. The number of aromatic nitrogens is 8. The molecule has 3 amide bonds. The van der Waals surface area contributed by atoms with E-state index in [4.69, 9.17) is 24.8 Å². The van der Waals surface area contributed by atoms with Gasteiger partial charge in [0.1, 0.15) is 6.61 Å². The van der Waals surface area contributed by atoms with Gasteiger partial charge in [-0.15, -0.1) is 0 Å². The first kappa shape index (κ1) is 64.0. The highest BCUT2D eigenvalue weighted by atomic mass is 16.6. The summed E-state index contributed by atoms with van der Waals surface area (Å²) in [4.78, 5) is 68.5. The second-order valence-electron chi connectivity index (χ2n) is 24.5. The molecule has 3 saturated heterocycles. The number of piperidine rings is 2. The van der Waals surface area contributed by atoms with Gasteiger partial charge in [-0.25, -0.2) is 15.0 Å². The van der Waals surface area contributed by atoms with Gasteiger partial charge in [0.05, 0.1) is 33.2 Å². The highest BCUT2D eigenvalue weighted by molar-refractivity contribution is 6.12. The number of aryl methyl sites for hydroxylation is 2. The second-order valence-corrected chi connectivity index (χ2v) is 24.5. The van der Waals surface area contributed by atoms with Crippen LogP contribution in [0.4, 0.5) is 16.2 Å². The molecule has 5 N–H and O–H groups in total. The Morgan fingerprint density at radius 2 is 1.00 bits per heavy atom. The van der Waals surface area contributed by atoms with E-state index in [2.05, 4.69) is 35.9 Å². The lowest BCUT2D eigenvalue weighted by atomic mass is 9.96. The third kappa shape index (κ3) is 15.0. The number of carbonyl (C=O) groups is 3. The molecule has 7 aromatic carbocycles. The molecule has 3 aliphatic heterocycles. The van der Waals surface area contributed by atoms with Crippen LogP contribution in [-0.2, 0) is 29.2 Å². The number of nitrogens with zero attached hydrogens (tertiary/aromatic N) is 8. The Kier molecular flexibility index (Phi) is 20.5. The molecule has 7 heterocycles. The summed E-state index contributed by atoms with van der Waals surface area (Å²) in [6.45, 7) is 12.3. The number of benzene rings is 7. The van der Waals surface area contributed by atoms with Gasteiger partial charge in [-0.2, -0.15) is 20.4 Å². The summed E-state index contributed by atoms with van der Waals surface area (Å²) in [5.41, 5.74) is 9.40. The first-order valence-electron chi connectivity index (χ1n) is 32.5. The van der Waals surface area contributed by atoms with Crippen LogP contribution in [0.25, 0.3) is 65.9 Å². The lowest BCUT2D eigenvalue weighted by molar-refractivity contribution is 0.0803. The molecule has 0 spiro atoms. The molecule has 20 nitrogen and oxygen atoms in total. The molecule has 3 aliphatic rings. The van der Waals surface area contributed by atoms with Gasteiger partial charge >= 0.3 is 6.09 Å². The average Bonchev–Trinajstić information content (AvgIpc) is 1.40. The van der Waals surface area contributed by atoms with Crippen LogP contribution in [0.15, 0.2) is 173 Å². The number of nitrogens with one attached hydrogen (secondary N) is 4. The monoisotopic (exact) mass is 1260 g/mol. The maximum absolute atomic E-state index is 13.6. The predicted molar refractivity (Wildman–Crippen MR) is 367 cm³/mol. The molecule has 4 aromatic heterocycles. The SMILES string of the molecule is C1CCOC1.Cc1cc(NC(=O)c2nn(CC3CCN(C(=O)OCc4ccccc4)CC3)c3ccccc23)ccc1-c1n[nH]c(=O)c2ccccc12.Cc1cc(NC(=O)c2nn(CC3CCN(CCCCO)CC3)c3ccccc23)ccc1-c1n[nH]c(=O)c2ccccc12. The lowest BCUT2D eigenvalue weighted by Gasteiger charge is -2.32. The molecule has 0 bridgehead atoms. The number of aliphatic hydroxyl groups is 1. The van der Waals surface area contributed by atoms with Crippen molar-refractivity contribution >= 4 is 72.6 Å². The van der Waals surface area contributed by atoms with E-state index in [0.717, 1.165) is 138 Å². The predicted octanol–water partition coefficient (Wildman–Crippen LogP) is 12.3. The van der Waals surface area contributed by atoms with E-state index in [1.54, 1.807) is 17.0 Å². The smallest absolute Gasteiger partial charge is 0.410 e. The number of aromatic amines is 2. The quantitative estimate of drug-likeness (QED) is 0.0566. The van der Waals surface area contributed by atoms with Crippen LogP contribution in [0.5, 0.6) is 0 Å².